The van der Waals surface area contributed by atoms with Gasteiger partial charge >= 0.3 is 0 Å². The van der Waals surface area contributed by atoms with Gasteiger partial charge in [-0.2, -0.15) is 5.10 Å². The first-order valence-electron chi connectivity index (χ1n) is 2.88. The lowest BCUT2D eigenvalue weighted by atomic mass is 10.4. The fraction of sp³-hybridized carbons (Fsp3) is 0.800. The van der Waals surface area contributed by atoms with Crippen molar-refractivity contribution in [2.45, 2.75) is 13.8 Å². The lowest BCUT2D eigenvalue weighted by Gasteiger charge is -2.08. The minimum absolute atomic E-state index is 0.911. The normalized spacial score (nSPS) is 19.2. The van der Waals surface area contributed by atoms with Crippen LogP contribution in [0, 0.1) is 0 Å². The molecule has 3 heteroatoms. The van der Waals surface area contributed by atoms with Crippen LogP contribution < -0.4 is 5.43 Å². The summed E-state index contributed by atoms with van der Waals surface area (Å²) in [5, 5.41) is 5.99. The molecule has 1 aliphatic heterocycles. The Bertz CT molecular complexity index is 108. The summed E-state index contributed by atoms with van der Waals surface area (Å²) < 4.78 is 0. The van der Waals surface area contributed by atoms with E-state index in [0.29, 0.717) is 0 Å². The van der Waals surface area contributed by atoms with E-state index in [9.17, 15) is 0 Å². The highest BCUT2D eigenvalue weighted by molar-refractivity contribution is 5.84. The second kappa shape index (κ2) is 2.13. The third kappa shape index (κ3) is 0.980. The maximum absolute atomic E-state index is 4.15. The van der Waals surface area contributed by atoms with Gasteiger partial charge in [-0.1, -0.05) is 0 Å². The van der Waals surface area contributed by atoms with Crippen molar-refractivity contribution in [2.24, 2.45) is 5.10 Å². The molecule has 0 atom stereocenters. The van der Waals surface area contributed by atoms with E-state index in [4.69, 9.17) is 0 Å². The van der Waals surface area contributed by atoms with E-state index in [2.05, 4.69) is 17.5 Å². The van der Waals surface area contributed by atoms with Crippen LogP contribution in [0.1, 0.15) is 13.8 Å². The topological polar surface area (TPSA) is 27.6 Å². The third-order valence-electron chi connectivity index (χ3n) is 1.11. The van der Waals surface area contributed by atoms with Gasteiger partial charge < -0.3 is 0 Å². The molecule has 1 N–H and O–H groups in total. The van der Waals surface area contributed by atoms with Crippen LogP contribution >= 0.6 is 0 Å². The smallest absolute Gasteiger partial charge is 0.0566 e. The molecule has 0 fully saturated rings. The van der Waals surface area contributed by atoms with Crippen molar-refractivity contribution in [1.29, 1.82) is 0 Å². The Morgan fingerprint density at radius 2 is 2.62 bits per heavy atom. The molecule has 0 saturated heterocycles. The van der Waals surface area contributed by atoms with Gasteiger partial charge in [0.2, 0.25) is 0 Å². The minimum atomic E-state index is 0.911. The average Bonchev–Trinajstić information content (AvgIpc) is 2.14. The van der Waals surface area contributed by atoms with Crippen molar-refractivity contribution in [3.63, 3.8) is 0 Å². The van der Waals surface area contributed by atoms with Crippen LogP contribution in [0.25, 0.3) is 0 Å². The number of rotatable bonds is 1. The van der Waals surface area contributed by atoms with Crippen LogP contribution in [0.15, 0.2) is 5.10 Å². The van der Waals surface area contributed by atoms with Crippen LogP contribution in [0.4, 0.5) is 0 Å². The molecule has 0 aliphatic carbocycles. The number of nitrogens with one attached hydrogen (secondary N) is 1. The number of hydrogen-bond acceptors (Lipinski definition) is 3. The van der Waals surface area contributed by atoms with Gasteiger partial charge in [0, 0.05) is 0 Å². The maximum Gasteiger partial charge on any atom is 0.0566 e. The fourth-order valence-corrected chi connectivity index (χ4v) is 0.665. The molecule has 1 aliphatic rings. The number of nitrogens with zero attached hydrogens (tertiary/aromatic N) is 2. The average molecular weight is 113 g/mol. The number of hydrogen-bond donors (Lipinski definition) is 1. The lowest BCUT2D eigenvalue weighted by molar-refractivity contribution is 0.244. The van der Waals surface area contributed by atoms with Gasteiger partial charge in [-0.3, -0.25) is 0 Å². The summed E-state index contributed by atoms with van der Waals surface area (Å²) in [6.45, 7) is 5.93. The van der Waals surface area contributed by atoms with Crippen molar-refractivity contribution in [3.05, 3.63) is 0 Å². The SMILES string of the molecule is CCN1N=C(C)CN1. The molecular weight excluding hydrogens is 102 g/mol. The molecule has 0 saturated carbocycles. The van der Waals surface area contributed by atoms with Gasteiger partial charge in [-0.05, 0) is 13.8 Å². The van der Waals surface area contributed by atoms with Crippen molar-refractivity contribution in [1.82, 2.24) is 10.5 Å². The Morgan fingerprint density at radius 3 is 2.88 bits per heavy atom. The first-order chi connectivity index (χ1) is 3.83. The third-order valence-corrected chi connectivity index (χ3v) is 1.11. The first-order valence-corrected chi connectivity index (χ1v) is 2.88. The van der Waals surface area contributed by atoms with Gasteiger partial charge in [0.15, 0.2) is 0 Å². The van der Waals surface area contributed by atoms with Crippen molar-refractivity contribution in [2.75, 3.05) is 13.1 Å². The van der Waals surface area contributed by atoms with E-state index in [1.54, 1.807) is 0 Å². The van der Waals surface area contributed by atoms with Crippen molar-refractivity contribution in [3.8, 4) is 0 Å². The Labute approximate surface area is 49.3 Å². The molecule has 1 rings (SSSR count). The van der Waals surface area contributed by atoms with Crippen LogP contribution in [0.2, 0.25) is 0 Å². The predicted octanol–water partition coefficient (Wildman–Crippen LogP) is 0.202. The molecule has 0 unspecified atom stereocenters. The Hall–Kier alpha value is -0.570. The molecule has 0 aromatic rings. The molecule has 0 aromatic heterocycles. The van der Waals surface area contributed by atoms with Crippen LogP contribution in [0.3, 0.4) is 0 Å². The summed E-state index contributed by atoms with van der Waals surface area (Å²) in [5.74, 6) is 0. The molecule has 46 valence electrons. The Kier molecular flexibility index (Phi) is 1.48. The molecule has 0 spiro atoms. The summed E-state index contributed by atoms with van der Waals surface area (Å²) in [7, 11) is 0. The molecule has 3 nitrogen and oxygen atoms in total. The van der Waals surface area contributed by atoms with Crippen molar-refractivity contribution < 1.29 is 0 Å². The largest absolute Gasteiger partial charge is 0.230 e. The van der Waals surface area contributed by atoms with Gasteiger partial charge in [0.1, 0.15) is 0 Å². The molecule has 8 heavy (non-hydrogen) atoms. The second-order valence-electron chi connectivity index (χ2n) is 1.89. The standard InChI is InChI=1S/C5H11N3/c1-3-8-6-4-5(2)7-8/h6H,3-4H2,1-2H3. The Morgan fingerprint density at radius 1 is 1.88 bits per heavy atom. The molecule has 0 bridgehead atoms. The van der Waals surface area contributed by atoms with E-state index in [0.717, 1.165) is 18.8 Å². The lowest BCUT2D eigenvalue weighted by Crippen LogP contribution is -2.28. The quantitative estimate of drug-likeness (QED) is 0.526. The van der Waals surface area contributed by atoms with Crippen LogP contribution in [0.5, 0.6) is 0 Å². The van der Waals surface area contributed by atoms with E-state index < -0.39 is 0 Å². The zero-order valence-electron chi connectivity index (χ0n) is 5.31. The summed E-state index contributed by atoms with van der Waals surface area (Å²) >= 11 is 0. The van der Waals surface area contributed by atoms with Gasteiger partial charge in [-0.25, -0.2) is 10.5 Å². The van der Waals surface area contributed by atoms with E-state index >= 15 is 0 Å². The van der Waals surface area contributed by atoms with E-state index in [1.807, 2.05) is 12.0 Å². The molecule has 1 heterocycles. The van der Waals surface area contributed by atoms with Crippen molar-refractivity contribution >= 4 is 5.71 Å². The number of hydrazine groups is 1. The predicted molar refractivity (Wildman–Crippen MR) is 33.5 cm³/mol. The summed E-state index contributed by atoms with van der Waals surface area (Å²) in [6, 6.07) is 0. The van der Waals surface area contributed by atoms with E-state index in [-0.39, 0.29) is 0 Å². The minimum Gasteiger partial charge on any atom is -0.230 e. The van der Waals surface area contributed by atoms with Gasteiger partial charge in [0.05, 0.1) is 18.8 Å². The second-order valence-corrected chi connectivity index (χ2v) is 1.89. The molecule has 0 aromatic carbocycles. The highest BCUT2D eigenvalue weighted by atomic mass is 15.7. The maximum atomic E-state index is 4.15. The summed E-state index contributed by atoms with van der Waals surface area (Å²) in [5.41, 5.74) is 4.24. The first kappa shape index (κ1) is 5.56. The van der Waals surface area contributed by atoms with Gasteiger partial charge in [0.25, 0.3) is 0 Å². The monoisotopic (exact) mass is 113 g/mol. The van der Waals surface area contributed by atoms with Gasteiger partial charge in [-0.15, -0.1) is 0 Å². The van der Waals surface area contributed by atoms with E-state index in [1.165, 1.54) is 0 Å². The fourth-order valence-electron chi connectivity index (χ4n) is 0.665. The molecular formula is C5H11N3. The zero-order chi connectivity index (χ0) is 5.98. The number of hydrazone groups is 1. The Balaban J connectivity index is 2.41. The van der Waals surface area contributed by atoms with Crippen LogP contribution in [-0.2, 0) is 0 Å². The summed E-state index contributed by atoms with van der Waals surface area (Å²) in [6.07, 6.45) is 0. The summed E-state index contributed by atoms with van der Waals surface area (Å²) in [4.78, 5) is 0. The molecule has 0 radical (unpaired) electrons. The zero-order valence-corrected chi connectivity index (χ0v) is 5.31. The molecule has 0 amide bonds. The van der Waals surface area contributed by atoms with Crippen LogP contribution in [-0.4, -0.2) is 23.9 Å². The highest BCUT2D eigenvalue weighted by Gasteiger charge is 2.05. The highest BCUT2D eigenvalue weighted by Crippen LogP contribution is 1.91.